The minimum absolute atomic E-state index is 0.342. The quantitative estimate of drug-likeness (QED) is 0.519. The Bertz CT molecular complexity index is 700. The number of pyridine rings is 1. The fraction of sp³-hybridized carbons (Fsp3) is 0. The largest absolute Gasteiger partial charge is 0.431 e. The standard InChI is InChI=1S/C12H7NO2/c14-12-10-7-13-11-4-2-1-3-9(11)8(10)5-6-15-12/h1-7H. The van der Waals surface area contributed by atoms with Gasteiger partial charge >= 0.3 is 5.63 Å². The Hall–Kier alpha value is -2.16. The van der Waals surface area contributed by atoms with Gasteiger partial charge in [0.2, 0.25) is 0 Å². The van der Waals surface area contributed by atoms with Crippen LogP contribution in [0.3, 0.4) is 0 Å². The lowest BCUT2D eigenvalue weighted by atomic mass is 10.1. The van der Waals surface area contributed by atoms with Crippen LogP contribution in [0.4, 0.5) is 0 Å². The van der Waals surface area contributed by atoms with Crippen molar-refractivity contribution in [3.8, 4) is 0 Å². The van der Waals surface area contributed by atoms with Gasteiger partial charge in [0, 0.05) is 17.0 Å². The van der Waals surface area contributed by atoms with Crippen LogP contribution in [-0.4, -0.2) is 4.98 Å². The van der Waals surface area contributed by atoms with Crippen molar-refractivity contribution in [1.82, 2.24) is 4.98 Å². The van der Waals surface area contributed by atoms with Crippen molar-refractivity contribution in [2.24, 2.45) is 0 Å². The van der Waals surface area contributed by atoms with Crippen LogP contribution < -0.4 is 5.63 Å². The molecule has 3 aromatic rings. The number of hydrogen-bond donors (Lipinski definition) is 0. The molecule has 0 aliphatic carbocycles. The first-order chi connectivity index (χ1) is 7.36. The third kappa shape index (κ3) is 1.13. The minimum atomic E-state index is -0.342. The summed E-state index contributed by atoms with van der Waals surface area (Å²) in [6, 6.07) is 9.51. The van der Waals surface area contributed by atoms with Crippen LogP contribution in [0.2, 0.25) is 0 Å². The molecule has 0 amide bonds. The molecule has 2 aromatic heterocycles. The molecule has 0 unspecified atom stereocenters. The average Bonchev–Trinajstić information content (AvgIpc) is 2.29. The normalized spacial score (nSPS) is 10.9. The summed E-state index contributed by atoms with van der Waals surface area (Å²) >= 11 is 0. The lowest BCUT2D eigenvalue weighted by Gasteiger charge is -2.00. The highest BCUT2D eigenvalue weighted by molar-refractivity contribution is 6.04. The third-order valence-corrected chi connectivity index (χ3v) is 2.45. The van der Waals surface area contributed by atoms with Crippen LogP contribution in [-0.2, 0) is 0 Å². The first-order valence-electron chi connectivity index (χ1n) is 4.61. The van der Waals surface area contributed by atoms with Gasteiger partial charge in [0.25, 0.3) is 0 Å². The monoisotopic (exact) mass is 197 g/mol. The van der Waals surface area contributed by atoms with Crippen LogP contribution in [0, 0.1) is 0 Å². The highest BCUT2D eigenvalue weighted by Gasteiger charge is 2.03. The predicted molar refractivity (Wildman–Crippen MR) is 57.8 cm³/mol. The predicted octanol–water partition coefficient (Wildman–Crippen LogP) is 2.34. The molecule has 0 atom stereocenters. The fourth-order valence-corrected chi connectivity index (χ4v) is 1.73. The maximum atomic E-state index is 11.4. The molecule has 0 aliphatic heterocycles. The molecule has 0 fully saturated rings. The SMILES string of the molecule is O=c1occc2c1cnc1ccccc12. The zero-order valence-electron chi connectivity index (χ0n) is 7.81. The Labute approximate surface area is 85.0 Å². The van der Waals surface area contributed by atoms with E-state index >= 15 is 0 Å². The first kappa shape index (κ1) is 8.17. The lowest BCUT2D eigenvalue weighted by molar-refractivity contribution is 0.519. The van der Waals surface area contributed by atoms with E-state index in [1.807, 2.05) is 24.3 Å². The zero-order valence-corrected chi connectivity index (χ0v) is 7.81. The van der Waals surface area contributed by atoms with Gasteiger partial charge in [-0.05, 0) is 12.1 Å². The van der Waals surface area contributed by atoms with E-state index in [-0.39, 0.29) is 5.63 Å². The molecule has 72 valence electrons. The Kier molecular flexibility index (Phi) is 1.59. The van der Waals surface area contributed by atoms with E-state index in [9.17, 15) is 4.79 Å². The second-order valence-corrected chi connectivity index (χ2v) is 3.31. The number of hydrogen-bond acceptors (Lipinski definition) is 3. The molecule has 2 heterocycles. The number of fused-ring (bicyclic) bond motifs is 3. The highest BCUT2D eigenvalue weighted by atomic mass is 16.4. The summed E-state index contributed by atoms with van der Waals surface area (Å²) in [5, 5.41) is 2.39. The minimum Gasteiger partial charge on any atom is -0.431 e. The summed E-state index contributed by atoms with van der Waals surface area (Å²) in [6.45, 7) is 0. The zero-order chi connectivity index (χ0) is 10.3. The number of benzene rings is 1. The van der Waals surface area contributed by atoms with Crippen LogP contribution in [0.5, 0.6) is 0 Å². The molecule has 15 heavy (non-hydrogen) atoms. The summed E-state index contributed by atoms with van der Waals surface area (Å²) in [5.74, 6) is 0. The first-order valence-corrected chi connectivity index (χ1v) is 4.61. The molecule has 1 aromatic carbocycles. The molecule has 0 bridgehead atoms. The summed E-state index contributed by atoms with van der Waals surface area (Å²) < 4.78 is 4.79. The molecule has 0 spiro atoms. The second kappa shape index (κ2) is 2.92. The van der Waals surface area contributed by atoms with E-state index in [1.54, 1.807) is 12.3 Å². The number of aromatic nitrogens is 1. The van der Waals surface area contributed by atoms with Crippen molar-refractivity contribution < 1.29 is 4.42 Å². The van der Waals surface area contributed by atoms with Gasteiger partial charge in [0.05, 0.1) is 17.2 Å². The van der Waals surface area contributed by atoms with Crippen molar-refractivity contribution >= 4 is 21.7 Å². The van der Waals surface area contributed by atoms with Crippen molar-refractivity contribution in [2.75, 3.05) is 0 Å². The van der Waals surface area contributed by atoms with Gasteiger partial charge in [-0.2, -0.15) is 0 Å². The van der Waals surface area contributed by atoms with E-state index < -0.39 is 0 Å². The fourth-order valence-electron chi connectivity index (χ4n) is 1.73. The van der Waals surface area contributed by atoms with Crippen molar-refractivity contribution in [2.45, 2.75) is 0 Å². The summed E-state index contributed by atoms with van der Waals surface area (Å²) in [5.41, 5.74) is 0.543. The average molecular weight is 197 g/mol. The van der Waals surface area contributed by atoms with E-state index in [4.69, 9.17) is 4.42 Å². The number of nitrogens with zero attached hydrogens (tertiary/aromatic N) is 1. The van der Waals surface area contributed by atoms with Gasteiger partial charge in [0.15, 0.2) is 0 Å². The van der Waals surface area contributed by atoms with Gasteiger partial charge in [-0.3, -0.25) is 4.98 Å². The third-order valence-electron chi connectivity index (χ3n) is 2.45. The highest BCUT2D eigenvalue weighted by Crippen LogP contribution is 2.20. The van der Waals surface area contributed by atoms with E-state index in [0.29, 0.717) is 5.39 Å². The van der Waals surface area contributed by atoms with E-state index in [0.717, 1.165) is 16.3 Å². The Balaban J connectivity index is 2.67. The molecular formula is C12H7NO2. The summed E-state index contributed by atoms with van der Waals surface area (Å²) in [6.07, 6.45) is 2.97. The van der Waals surface area contributed by atoms with Crippen molar-refractivity contribution in [1.29, 1.82) is 0 Å². The number of rotatable bonds is 0. The van der Waals surface area contributed by atoms with Gasteiger partial charge in [-0.1, -0.05) is 18.2 Å². The molecule has 0 saturated heterocycles. The van der Waals surface area contributed by atoms with Crippen LogP contribution in [0.25, 0.3) is 21.7 Å². The molecule has 0 aliphatic rings. The van der Waals surface area contributed by atoms with Crippen LogP contribution in [0.15, 0.2) is 52.0 Å². The van der Waals surface area contributed by atoms with Crippen molar-refractivity contribution in [3.63, 3.8) is 0 Å². The molecule has 0 N–H and O–H groups in total. The van der Waals surface area contributed by atoms with E-state index in [1.165, 1.54) is 6.26 Å². The Morgan fingerprint density at radius 1 is 1.00 bits per heavy atom. The summed E-state index contributed by atoms with van der Waals surface area (Å²) in [7, 11) is 0. The lowest BCUT2D eigenvalue weighted by Crippen LogP contribution is -1.98. The molecule has 3 nitrogen and oxygen atoms in total. The Morgan fingerprint density at radius 2 is 1.87 bits per heavy atom. The van der Waals surface area contributed by atoms with Crippen LogP contribution in [0.1, 0.15) is 0 Å². The summed E-state index contributed by atoms with van der Waals surface area (Å²) in [4.78, 5) is 15.6. The topological polar surface area (TPSA) is 43.1 Å². The smallest absolute Gasteiger partial charge is 0.345 e. The molecule has 3 rings (SSSR count). The van der Waals surface area contributed by atoms with Crippen LogP contribution >= 0.6 is 0 Å². The molecule has 0 radical (unpaired) electrons. The molecule has 3 heteroatoms. The maximum absolute atomic E-state index is 11.4. The van der Waals surface area contributed by atoms with Crippen molar-refractivity contribution in [3.05, 3.63) is 53.2 Å². The molecular weight excluding hydrogens is 190 g/mol. The van der Waals surface area contributed by atoms with Gasteiger partial charge in [-0.15, -0.1) is 0 Å². The molecule has 0 saturated carbocycles. The maximum Gasteiger partial charge on any atom is 0.345 e. The van der Waals surface area contributed by atoms with Gasteiger partial charge in [0.1, 0.15) is 0 Å². The number of para-hydroxylation sites is 1. The van der Waals surface area contributed by atoms with Gasteiger partial charge < -0.3 is 4.42 Å². The van der Waals surface area contributed by atoms with E-state index in [2.05, 4.69) is 4.98 Å². The second-order valence-electron chi connectivity index (χ2n) is 3.31. The Morgan fingerprint density at radius 3 is 2.80 bits per heavy atom. The van der Waals surface area contributed by atoms with Gasteiger partial charge in [-0.25, -0.2) is 4.79 Å².